The first kappa shape index (κ1) is 20.5. The lowest BCUT2D eigenvalue weighted by Gasteiger charge is -2.37. The number of nitrogens with zero attached hydrogens (tertiary/aromatic N) is 2. The lowest BCUT2D eigenvalue weighted by molar-refractivity contribution is -0.138. The number of nitrogens with one attached hydrogen (secondary N) is 1. The Morgan fingerprint density at radius 3 is 2.45 bits per heavy atom. The van der Waals surface area contributed by atoms with Crippen molar-refractivity contribution in [3.63, 3.8) is 0 Å². The summed E-state index contributed by atoms with van der Waals surface area (Å²) in [6, 6.07) is 17.1. The summed E-state index contributed by atoms with van der Waals surface area (Å²) < 4.78 is 10.7. The van der Waals surface area contributed by atoms with E-state index in [1.165, 1.54) is 5.69 Å². The molecule has 1 unspecified atom stereocenters. The fourth-order valence-corrected chi connectivity index (χ4v) is 3.27. The molecule has 0 radical (unpaired) electrons. The van der Waals surface area contributed by atoms with Crippen LogP contribution < -0.4 is 15.0 Å². The van der Waals surface area contributed by atoms with Crippen molar-refractivity contribution >= 4 is 23.4 Å². The van der Waals surface area contributed by atoms with Crippen molar-refractivity contribution in [2.75, 3.05) is 43.0 Å². The maximum absolute atomic E-state index is 12.8. The molecule has 7 nitrogen and oxygen atoms in total. The highest BCUT2D eigenvalue weighted by Crippen LogP contribution is 2.20. The first-order chi connectivity index (χ1) is 14.1. The van der Waals surface area contributed by atoms with E-state index in [0.29, 0.717) is 31.1 Å². The number of benzene rings is 2. The Morgan fingerprint density at radius 1 is 1.03 bits per heavy atom. The standard InChI is InChI=1S/C22H27N3O4/c1-3-28-22(27)23-18-8-7-11-20(16-18)29-17(2)21(26)25-14-12-24(13-15-25)19-9-5-4-6-10-19/h4-11,16-17H,3,12-15H2,1-2H3,(H,23,27). The van der Waals surface area contributed by atoms with Gasteiger partial charge in [0.1, 0.15) is 5.75 Å². The van der Waals surface area contributed by atoms with Gasteiger partial charge < -0.3 is 19.3 Å². The van der Waals surface area contributed by atoms with Crippen molar-refractivity contribution in [1.82, 2.24) is 4.90 Å². The molecular formula is C22H27N3O4. The number of piperazine rings is 1. The molecule has 0 aliphatic carbocycles. The molecule has 2 amide bonds. The molecule has 1 heterocycles. The number of carbonyl (C=O) groups excluding carboxylic acids is 2. The largest absolute Gasteiger partial charge is 0.481 e. The average Bonchev–Trinajstić information content (AvgIpc) is 2.74. The van der Waals surface area contributed by atoms with Crippen LogP contribution in [0.25, 0.3) is 0 Å². The van der Waals surface area contributed by atoms with Crippen molar-refractivity contribution < 1.29 is 19.1 Å². The van der Waals surface area contributed by atoms with E-state index < -0.39 is 12.2 Å². The molecule has 2 aromatic carbocycles. The third kappa shape index (κ3) is 5.63. The molecule has 1 N–H and O–H groups in total. The number of amides is 2. The number of hydrogen-bond donors (Lipinski definition) is 1. The molecular weight excluding hydrogens is 370 g/mol. The van der Waals surface area contributed by atoms with Gasteiger partial charge in [0.25, 0.3) is 5.91 Å². The van der Waals surface area contributed by atoms with E-state index in [1.807, 2.05) is 23.1 Å². The highest BCUT2D eigenvalue weighted by Gasteiger charge is 2.26. The molecule has 1 aliphatic heterocycles. The smallest absolute Gasteiger partial charge is 0.411 e. The zero-order valence-corrected chi connectivity index (χ0v) is 16.8. The second-order valence-electron chi connectivity index (χ2n) is 6.78. The van der Waals surface area contributed by atoms with Gasteiger partial charge in [0.05, 0.1) is 6.61 Å². The Kier molecular flexibility index (Phi) is 6.94. The van der Waals surface area contributed by atoms with Gasteiger partial charge in [-0.15, -0.1) is 0 Å². The number of hydrogen-bond acceptors (Lipinski definition) is 5. The Hall–Kier alpha value is -3.22. The monoisotopic (exact) mass is 397 g/mol. The minimum Gasteiger partial charge on any atom is -0.481 e. The van der Waals surface area contributed by atoms with Crippen LogP contribution in [0.1, 0.15) is 13.8 Å². The van der Waals surface area contributed by atoms with Crippen molar-refractivity contribution in [3.05, 3.63) is 54.6 Å². The number of anilines is 2. The predicted octanol–water partition coefficient (Wildman–Crippen LogP) is 3.37. The van der Waals surface area contributed by atoms with Crippen LogP contribution in [0.15, 0.2) is 54.6 Å². The average molecular weight is 397 g/mol. The maximum atomic E-state index is 12.8. The summed E-state index contributed by atoms with van der Waals surface area (Å²) in [5, 5.41) is 2.63. The van der Waals surface area contributed by atoms with Crippen LogP contribution in [0, 0.1) is 0 Å². The highest BCUT2D eigenvalue weighted by molar-refractivity contribution is 5.85. The zero-order chi connectivity index (χ0) is 20.6. The molecule has 7 heteroatoms. The summed E-state index contributed by atoms with van der Waals surface area (Å²) in [5.41, 5.74) is 1.73. The fourth-order valence-electron chi connectivity index (χ4n) is 3.27. The van der Waals surface area contributed by atoms with Crippen LogP contribution in [-0.4, -0.2) is 55.8 Å². The molecule has 29 heavy (non-hydrogen) atoms. The van der Waals surface area contributed by atoms with E-state index in [-0.39, 0.29) is 5.91 Å². The number of carbonyl (C=O) groups is 2. The lowest BCUT2D eigenvalue weighted by Crippen LogP contribution is -2.52. The van der Waals surface area contributed by atoms with Gasteiger partial charge in [0.15, 0.2) is 6.10 Å². The summed E-state index contributed by atoms with van der Waals surface area (Å²) in [5.74, 6) is 0.476. The summed E-state index contributed by atoms with van der Waals surface area (Å²) in [4.78, 5) is 28.5. The SMILES string of the molecule is CCOC(=O)Nc1cccc(OC(C)C(=O)N2CCN(c3ccccc3)CC2)c1. The van der Waals surface area contributed by atoms with Crippen LogP contribution in [0.3, 0.4) is 0 Å². The topological polar surface area (TPSA) is 71.1 Å². The summed E-state index contributed by atoms with van der Waals surface area (Å²) in [7, 11) is 0. The van der Waals surface area contributed by atoms with Gasteiger partial charge in [-0.05, 0) is 38.1 Å². The molecule has 0 bridgehead atoms. The number of ether oxygens (including phenoxy) is 2. The van der Waals surface area contributed by atoms with Gasteiger partial charge in [-0.3, -0.25) is 10.1 Å². The van der Waals surface area contributed by atoms with Crippen LogP contribution in [0.2, 0.25) is 0 Å². The Labute approximate surface area is 171 Å². The summed E-state index contributed by atoms with van der Waals surface area (Å²) in [6.45, 7) is 6.69. The number of para-hydroxylation sites is 1. The molecule has 0 aromatic heterocycles. The van der Waals surface area contributed by atoms with Crippen LogP contribution >= 0.6 is 0 Å². The third-order valence-corrected chi connectivity index (χ3v) is 4.73. The first-order valence-corrected chi connectivity index (χ1v) is 9.86. The van der Waals surface area contributed by atoms with Crippen LogP contribution in [0.5, 0.6) is 5.75 Å². The molecule has 0 saturated carbocycles. The normalized spacial score (nSPS) is 14.8. The van der Waals surface area contributed by atoms with Gasteiger partial charge in [0, 0.05) is 43.6 Å². The summed E-state index contributed by atoms with van der Waals surface area (Å²) >= 11 is 0. The maximum Gasteiger partial charge on any atom is 0.411 e. The van der Waals surface area contributed by atoms with E-state index in [1.54, 1.807) is 38.1 Å². The molecule has 3 rings (SSSR count). The van der Waals surface area contributed by atoms with Gasteiger partial charge in [-0.25, -0.2) is 4.79 Å². The first-order valence-electron chi connectivity index (χ1n) is 9.86. The Balaban J connectivity index is 1.52. The molecule has 2 aromatic rings. The summed E-state index contributed by atoms with van der Waals surface area (Å²) in [6.07, 6.45) is -1.14. The van der Waals surface area contributed by atoms with Gasteiger partial charge >= 0.3 is 6.09 Å². The Bertz CT molecular complexity index is 820. The van der Waals surface area contributed by atoms with E-state index >= 15 is 0 Å². The highest BCUT2D eigenvalue weighted by atomic mass is 16.5. The second kappa shape index (κ2) is 9.82. The molecule has 1 atom stereocenters. The quantitative estimate of drug-likeness (QED) is 0.809. The zero-order valence-electron chi connectivity index (χ0n) is 16.8. The molecule has 154 valence electrons. The molecule has 0 spiro atoms. The molecule has 1 aliphatic rings. The Morgan fingerprint density at radius 2 is 1.76 bits per heavy atom. The minimum atomic E-state index is -0.615. The van der Waals surface area contributed by atoms with E-state index in [9.17, 15) is 9.59 Å². The van der Waals surface area contributed by atoms with E-state index in [2.05, 4.69) is 22.3 Å². The van der Waals surface area contributed by atoms with Crippen molar-refractivity contribution in [2.45, 2.75) is 20.0 Å². The van der Waals surface area contributed by atoms with Crippen molar-refractivity contribution in [1.29, 1.82) is 0 Å². The van der Waals surface area contributed by atoms with E-state index in [4.69, 9.17) is 9.47 Å². The van der Waals surface area contributed by atoms with Gasteiger partial charge in [-0.1, -0.05) is 24.3 Å². The van der Waals surface area contributed by atoms with E-state index in [0.717, 1.165) is 13.1 Å². The molecule has 1 saturated heterocycles. The van der Waals surface area contributed by atoms with Gasteiger partial charge in [0.2, 0.25) is 0 Å². The van der Waals surface area contributed by atoms with Crippen molar-refractivity contribution in [3.8, 4) is 5.75 Å². The fraction of sp³-hybridized carbons (Fsp3) is 0.364. The van der Waals surface area contributed by atoms with Gasteiger partial charge in [-0.2, -0.15) is 0 Å². The third-order valence-electron chi connectivity index (χ3n) is 4.73. The second-order valence-corrected chi connectivity index (χ2v) is 6.78. The molecule has 1 fully saturated rings. The number of rotatable bonds is 6. The van der Waals surface area contributed by atoms with Crippen LogP contribution in [-0.2, 0) is 9.53 Å². The van der Waals surface area contributed by atoms with Crippen LogP contribution in [0.4, 0.5) is 16.2 Å². The predicted molar refractivity (Wildman–Crippen MR) is 112 cm³/mol. The lowest BCUT2D eigenvalue weighted by atomic mass is 10.2. The van der Waals surface area contributed by atoms with Crippen molar-refractivity contribution in [2.24, 2.45) is 0 Å². The minimum absolute atomic E-state index is 0.0403.